The number of unbranched alkanes of at least 4 members (excludes halogenated alkanes) is 1. The van der Waals surface area contributed by atoms with Crippen molar-refractivity contribution in [3.63, 3.8) is 0 Å². The quantitative estimate of drug-likeness (QED) is 0.259. The largest absolute Gasteiger partial charge is 0.396 e. The van der Waals surface area contributed by atoms with Crippen LogP contribution in [0.5, 0.6) is 0 Å². The molecule has 1 rings (SSSR count). The maximum Gasteiger partial charge on any atom is 0.233 e. The van der Waals surface area contributed by atoms with Crippen molar-refractivity contribution in [1.82, 2.24) is 10.3 Å². The van der Waals surface area contributed by atoms with Crippen molar-refractivity contribution in [2.45, 2.75) is 38.5 Å². The summed E-state index contributed by atoms with van der Waals surface area (Å²) < 4.78 is 0. The van der Waals surface area contributed by atoms with Gasteiger partial charge in [-0.05, 0) is 51.1 Å². The van der Waals surface area contributed by atoms with Crippen LogP contribution in [-0.4, -0.2) is 42.2 Å². The molecule has 1 aliphatic heterocycles. The molecule has 1 saturated heterocycles. The van der Waals surface area contributed by atoms with Crippen LogP contribution < -0.4 is 11.3 Å². The van der Waals surface area contributed by atoms with E-state index in [1.165, 1.54) is 12.8 Å². The van der Waals surface area contributed by atoms with Crippen LogP contribution in [-0.2, 0) is 4.79 Å². The van der Waals surface area contributed by atoms with Gasteiger partial charge in [-0.3, -0.25) is 10.2 Å². The van der Waals surface area contributed by atoms with E-state index in [0.717, 1.165) is 38.9 Å². The van der Waals surface area contributed by atoms with Gasteiger partial charge in [0, 0.05) is 19.6 Å². The molecule has 100 valence electrons. The molecule has 1 aliphatic rings. The van der Waals surface area contributed by atoms with Crippen LogP contribution in [0.2, 0.25) is 0 Å². The van der Waals surface area contributed by atoms with Gasteiger partial charge in [-0.1, -0.05) is 0 Å². The van der Waals surface area contributed by atoms with Crippen molar-refractivity contribution in [3.05, 3.63) is 0 Å². The number of aliphatic hydroxyl groups is 1. The first-order chi connectivity index (χ1) is 8.26. The second-order valence-electron chi connectivity index (χ2n) is 4.85. The number of nitrogens with two attached hydrogens (primary N) is 1. The Morgan fingerprint density at radius 2 is 2.29 bits per heavy atom. The minimum atomic E-state index is -0.0817. The van der Waals surface area contributed by atoms with E-state index in [9.17, 15) is 4.79 Å². The molecule has 4 N–H and O–H groups in total. The van der Waals surface area contributed by atoms with Crippen molar-refractivity contribution >= 4 is 5.91 Å². The number of rotatable bonds is 7. The molecule has 5 heteroatoms. The molecule has 0 aromatic rings. The highest BCUT2D eigenvalue weighted by atomic mass is 16.3. The van der Waals surface area contributed by atoms with E-state index in [-0.39, 0.29) is 5.91 Å². The molecule has 0 aliphatic carbocycles. The molecule has 0 bridgehead atoms. The number of nitrogens with zero attached hydrogens (tertiary/aromatic N) is 1. The second-order valence-corrected chi connectivity index (χ2v) is 4.85. The average molecular weight is 243 g/mol. The summed E-state index contributed by atoms with van der Waals surface area (Å²) in [5.41, 5.74) is 2.15. The Hall–Kier alpha value is -0.650. The molecule has 1 unspecified atom stereocenters. The first kappa shape index (κ1) is 14.4. The number of nitrogens with one attached hydrogen (secondary N) is 1. The minimum absolute atomic E-state index is 0.0817. The van der Waals surface area contributed by atoms with E-state index in [1.54, 1.807) is 0 Å². The Bertz CT molecular complexity index is 222. The zero-order chi connectivity index (χ0) is 12.5. The van der Waals surface area contributed by atoms with E-state index in [0.29, 0.717) is 18.9 Å². The van der Waals surface area contributed by atoms with Gasteiger partial charge in [0.2, 0.25) is 5.91 Å². The third kappa shape index (κ3) is 6.00. The van der Waals surface area contributed by atoms with Gasteiger partial charge < -0.3 is 10.0 Å². The smallest absolute Gasteiger partial charge is 0.233 e. The molecule has 0 aromatic heterocycles. The van der Waals surface area contributed by atoms with E-state index in [2.05, 4.69) is 10.3 Å². The lowest BCUT2D eigenvalue weighted by molar-refractivity contribution is -0.121. The van der Waals surface area contributed by atoms with Crippen molar-refractivity contribution < 1.29 is 9.90 Å². The van der Waals surface area contributed by atoms with Crippen molar-refractivity contribution in [2.75, 3.05) is 26.2 Å². The summed E-state index contributed by atoms with van der Waals surface area (Å²) in [6.45, 7) is 3.61. The van der Waals surface area contributed by atoms with Gasteiger partial charge >= 0.3 is 0 Å². The molecule has 17 heavy (non-hydrogen) atoms. The molecule has 1 amide bonds. The van der Waals surface area contributed by atoms with Crippen LogP contribution in [0.1, 0.15) is 38.5 Å². The van der Waals surface area contributed by atoms with E-state index in [1.807, 2.05) is 0 Å². The Morgan fingerprint density at radius 3 is 3.00 bits per heavy atom. The monoisotopic (exact) mass is 243 g/mol. The Kier molecular flexibility index (Phi) is 7.16. The minimum Gasteiger partial charge on any atom is -0.396 e. The molecule has 0 aromatic carbocycles. The lowest BCUT2D eigenvalue weighted by Crippen LogP contribution is -2.36. The maximum atomic E-state index is 10.9. The van der Waals surface area contributed by atoms with Crippen molar-refractivity contribution in [3.8, 4) is 0 Å². The first-order valence-corrected chi connectivity index (χ1v) is 6.59. The fourth-order valence-corrected chi connectivity index (χ4v) is 2.47. The van der Waals surface area contributed by atoms with Crippen molar-refractivity contribution in [2.24, 2.45) is 11.8 Å². The average Bonchev–Trinajstić information content (AvgIpc) is 2.35. The third-order valence-corrected chi connectivity index (χ3v) is 3.43. The van der Waals surface area contributed by atoms with Gasteiger partial charge in [0.25, 0.3) is 0 Å². The van der Waals surface area contributed by atoms with Gasteiger partial charge in [-0.25, -0.2) is 5.84 Å². The number of hydrogen-bond donors (Lipinski definition) is 3. The second kappa shape index (κ2) is 8.44. The van der Waals surface area contributed by atoms with Gasteiger partial charge in [-0.15, -0.1) is 0 Å². The molecule has 1 fully saturated rings. The number of piperidine rings is 1. The fourth-order valence-electron chi connectivity index (χ4n) is 2.47. The molecule has 0 radical (unpaired) electrons. The fraction of sp³-hybridized carbons (Fsp3) is 0.917. The topological polar surface area (TPSA) is 78.6 Å². The van der Waals surface area contributed by atoms with Crippen LogP contribution in [0.3, 0.4) is 0 Å². The highest BCUT2D eigenvalue weighted by Crippen LogP contribution is 2.19. The normalized spacial score (nSPS) is 21.4. The summed E-state index contributed by atoms with van der Waals surface area (Å²) in [5.74, 6) is 5.59. The summed E-state index contributed by atoms with van der Waals surface area (Å²) in [4.78, 5) is 13.4. The SMILES string of the molecule is NNC(=O)CCCCN1CCCC(CCO)C1. The number of hydrazine groups is 1. The Morgan fingerprint density at radius 1 is 1.47 bits per heavy atom. The van der Waals surface area contributed by atoms with Crippen LogP contribution in [0.25, 0.3) is 0 Å². The summed E-state index contributed by atoms with van der Waals surface area (Å²) in [6, 6.07) is 0. The zero-order valence-electron chi connectivity index (χ0n) is 10.5. The standard InChI is InChI=1S/C12H25N3O2/c13-14-12(17)5-1-2-7-15-8-3-4-11(10-15)6-9-16/h11,16H,1-10,13H2,(H,14,17). The number of likely N-dealkylation sites (tertiary alicyclic amines) is 1. The molecule has 0 spiro atoms. The molecular formula is C12H25N3O2. The predicted octanol–water partition coefficient (Wildman–Crippen LogP) is 0.241. The summed E-state index contributed by atoms with van der Waals surface area (Å²) in [6.07, 6.45) is 5.85. The molecular weight excluding hydrogens is 218 g/mol. The number of amides is 1. The van der Waals surface area contributed by atoms with Crippen molar-refractivity contribution in [1.29, 1.82) is 0 Å². The zero-order valence-corrected chi connectivity index (χ0v) is 10.5. The molecule has 1 atom stereocenters. The van der Waals surface area contributed by atoms with E-state index in [4.69, 9.17) is 10.9 Å². The highest BCUT2D eigenvalue weighted by Gasteiger charge is 2.18. The van der Waals surface area contributed by atoms with Gasteiger partial charge in [-0.2, -0.15) is 0 Å². The summed E-state index contributed by atoms with van der Waals surface area (Å²) in [5, 5.41) is 8.93. The lowest BCUT2D eigenvalue weighted by Gasteiger charge is -2.32. The van der Waals surface area contributed by atoms with Crippen LogP contribution in [0.15, 0.2) is 0 Å². The Labute approximate surface area is 103 Å². The number of aliphatic hydroxyl groups excluding tert-OH is 1. The number of carbonyl (C=O) groups excluding carboxylic acids is 1. The lowest BCUT2D eigenvalue weighted by atomic mass is 9.95. The number of hydrogen-bond acceptors (Lipinski definition) is 4. The maximum absolute atomic E-state index is 10.9. The van der Waals surface area contributed by atoms with E-state index >= 15 is 0 Å². The molecule has 5 nitrogen and oxygen atoms in total. The third-order valence-electron chi connectivity index (χ3n) is 3.43. The predicted molar refractivity (Wildman–Crippen MR) is 67.0 cm³/mol. The van der Waals surface area contributed by atoms with Crippen LogP contribution in [0.4, 0.5) is 0 Å². The van der Waals surface area contributed by atoms with Gasteiger partial charge in [0.1, 0.15) is 0 Å². The van der Waals surface area contributed by atoms with Gasteiger partial charge in [0.05, 0.1) is 0 Å². The van der Waals surface area contributed by atoms with E-state index < -0.39 is 0 Å². The van der Waals surface area contributed by atoms with Crippen LogP contribution in [0, 0.1) is 5.92 Å². The molecule has 0 saturated carbocycles. The summed E-state index contributed by atoms with van der Waals surface area (Å²) in [7, 11) is 0. The number of carbonyl (C=O) groups is 1. The van der Waals surface area contributed by atoms with Gasteiger partial charge in [0.15, 0.2) is 0 Å². The van der Waals surface area contributed by atoms with Crippen LogP contribution >= 0.6 is 0 Å². The summed E-state index contributed by atoms with van der Waals surface area (Å²) >= 11 is 0. The first-order valence-electron chi connectivity index (χ1n) is 6.59. The molecule has 1 heterocycles. The Balaban J connectivity index is 2.08. The highest BCUT2D eigenvalue weighted by molar-refractivity contribution is 5.75.